The minimum atomic E-state index is -0.507. The van der Waals surface area contributed by atoms with Gasteiger partial charge in [0, 0.05) is 16.5 Å². The Labute approximate surface area is 141 Å². The molecule has 4 nitrogen and oxygen atoms in total. The van der Waals surface area contributed by atoms with E-state index in [1.165, 1.54) is 24.3 Å². The molecule has 0 saturated heterocycles. The first-order valence-corrected chi connectivity index (χ1v) is 8.50. The monoisotopic (exact) mass is 374 g/mol. The maximum absolute atomic E-state index is 12.8. The van der Waals surface area contributed by atoms with Crippen LogP contribution in [0.5, 0.6) is 11.5 Å². The Morgan fingerprint density at radius 1 is 0.826 bits per heavy atom. The van der Waals surface area contributed by atoms with Gasteiger partial charge in [0.05, 0.1) is 11.1 Å². The Morgan fingerprint density at radius 3 is 2.30 bits per heavy atom. The number of benzene rings is 2. The summed E-state index contributed by atoms with van der Waals surface area (Å²) in [4.78, 5) is 25.5. The van der Waals surface area contributed by atoms with Gasteiger partial charge < -0.3 is 10.2 Å². The standard InChI is InChI=1S/C18H15BrO4/c19-9-2-1-4-10-7-8-13(21)16-14(10)17(22)11-5-3-6-12(20)15(11)18(16)23/h3,5-8,20-21H,1-2,4,9H2. The van der Waals surface area contributed by atoms with Gasteiger partial charge in [0.1, 0.15) is 11.5 Å². The van der Waals surface area contributed by atoms with Crippen molar-refractivity contribution in [3.05, 3.63) is 58.1 Å². The summed E-state index contributed by atoms with van der Waals surface area (Å²) in [5.74, 6) is -1.30. The van der Waals surface area contributed by atoms with Gasteiger partial charge in [-0.1, -0.05) is 34.1 Å². The van der Waals surface area contributed by atoms with Crippen LogP contribution in [0.25, 0.3) is 0 Å². The van der Waals surface area contributed by atoms with Crippen molar-refractivity contribution in [2.75, 3.05) is 5.33 Å². The number of hydrogen-bond acceptors (Lipinski definition) is 4. The van der Waals surface area contributed by atoms with E-state index in [-0.39, 0.29) is 39.5 Å². The molecule has 0 bridgehead atoms. The third-order valence-corrected chi connectivity index (χ3v) is 4.63. The van der Waals surface area contributed by atoms with Crippen LogP contribution in [0.4, 0.5) is 0 Å². The number of carbonyl (C=O) groups excluding carboxylic acids is 2. The second-order valence-electron chi connectivity index (χ2n) is 5.50. The second-order valence-corrected chi connectivity index (χ2v) is 6.29. The van der Waals surface area contributed by atoms with E-state index < -0.39 is 5.78 Å². The molecule has 0 radical (unpaired) electrons. The smallest absolute Gasteiger partial charge is 0.201 e. The molecule has 5 heteroatoms. The third-order valence-electron chi connectivity index (χ3n) is 4.07. The molecule has 1 aliphatic carbocycles. The van der Waals surface area contributed by atoms with Gasteiger partial charge in [-0.2, -0.15) is 0 Å². The quantitative estimate of drug-likeness (QED) is 0.540. The number of alkyl halides is 1. The Morgan fingerprint density at radius 2 is 1.57 bits per heavy atom. The molecular formula is C18H15BrO4. The zero-order chi connectivity index (χ0) is 16.6. The SMILES string of the molecule is O=C1c2c(O)cccc2C(=O)c2c(CCCCBr)ccc(O)c21. The summed E-state index contributed by atoms with van der Waals surface area (Å²) in [6.07, 6.45) is 2.48. The van der Waals surface area contributed by atoms with Crippen molar-refractivity contribution >= 4 is 27.5 Å². The highest BCUT2D eigenvalue weighted by atomic mass is 79.9. The van der Waals surface area contributed by atoms with Crippen LogP contribution < -0.4 is 0 Å². The number of hydrogen-bond donors (Lipinski definition) is 2. The van der Waals surface area contributed by atoms with Gasteiger partial charge in [-0.3, -0.25) is 9.59 Å². The van der Waals surface area contributed by atoms with Crippen molar-refractivity contribution in [1.82, 2.24) is 0 Å². The molecule has 0 aliphatic heterocycles. The fraction of sp³-hybridized carbons (Fsp3) is 0.222. The second kappa shape index (κ2) is 6.16. The minimum Gasteiger partial charge on any atom is -0.507 e. The minimum absolute atomic E-state index is 0.000317. The van der Waals surface area contributed by atoms with Crippen LogP contribution in [0.2, 0.25) is 0 Å². The van der Waals surface area contributed by atoms with Gasteiger partial charge in [0.2, 0.25) is 5.78 Å². The zero-order valence-corrected chi connectivity index (χ0v) is 13.9. The van der Waals surface area contributed by atoms with Crippen molar-refractivity contribution in [2.45, 2.75) is 19.3 Å². The van der Waals surface area contributed by atoms with Gasteiger partial charge in [0.15, 0.2) is 5.78 Å². The number of rotatable bonds is 4. The summed E-state index contributed by atoms with van der Waals surface area (Å²) in [5, 5.41) is 20.9. The first kappa shape index (κ1) is 15.7. The first-order chi connectivity index (χ1) is 11.1. The number of unbranched alkanes of at least 4 members (excludes halogenated alkanes) is 1. The average Bonchev–Trinajstić information content (AvgIpc) is 2.53. The molecule has 2 aromatic carbocycles. The maximum Gasteiger partial charge on any atom is 0.201 e. The van der Waals surface area contributed by atoms with E-state index in [0.717, 1.165) is 23.7 Å². The van der Waals surface area contributed by atoms with Gasteiger partial charge in [-0.15, -0.1) is 0 Å². The van der Waals surface area contributed by atoms with Gasteiger partial charge in [-0.05, 0) is 37.0 Å². The molecule has 0 unspecified atom stereocenters. The molecule has 0 spiro atoms. The molecule has 0 amide bonds. The number of phenols is 2. The van der Waals surface area contributed by atoms with E-state index in [2.05, 4.69) is 15.9 Å². The van der Waals surface area contributed by atoms with Crippen LogP contribution in [0.1, 0.15) is 50.2 Å². The van der Waals surface area contributed by atoms with Crippen LogP contribution in [0.15, 0.2) is 30.3 Å². The zero-order valence-electron chi connectivity index (χ0n) is 12.3. The molecule has 0 fully saturated rings. The molecule has 2 N–H and O–H groups in total. The summed E-state index contributed by atoms with van der Waals surface area (Å²) >= 11 is 3.37. The number of aromatic hydroxyl groups is 2. The third kappa shape index (κ3) is 2.55. The van der Waals surface area contributed by atoms with E-state index in [4.69, 9.17) is 0 Å². The van der Waals surface area contributed by atoms with Crippen molar-refractivity contribution in [1.29, 1.82) is 0 Å². The molecule has 1 aliphatic rings. The average molecular weight is 375 g/mol. The van der Waals surface area contributed by atoms with Crippen molar-refractivity contribution in [3.8, 4) is 11.5 Å². The van der Waals surface area contributed by atoms with E-state index in [9.17, 15) is 19.8 Å². The number of aryl methyl sites for hydroxylation is 1. The fourth-order valence-electron chi connectivity index (χ4n) is 2.97. The molecule has 0 atom stereocenters. The van der Waals surface area contributed by atoms with Crippen LogP contribution in [-0.2, 0) is 6.42 Å². The van der Waals surface area contributed by atoms with Crippen LogP contribution >= 0.6 is 15.9 Å². The van der Waals surface area contributed by atoms with Crippen molar-refractivity contribution < 1.29 is 19.8 Å². The van der Waals surface area contributed by atoms with Crippen LogP contribution in [-0.4, -0.2) is 27.1 Å². The highest BCUT2D eigenvalue weighted by Crippen LogP contribution is 2.38. The summed E-state index contributed by atoms with van der Waals surface area (Å²) in [6.45, 7) is 0. The topological polar surface area (TPSA) is 74.6 Å². The van der Waals surface area contributed by atoms with E-state index in [1.807, 2.05) is 0 Å². The lowest BCUT2D eigenvalue weighted by atomic mass is 9.80. The number of phenolic OH excluding ortho intramolecular Hbond substituents is 2. The van der Waals surface area contributed by atoms with E-state index >= 15 is 0 Å². The van der Waals surface area contributed by atoms with E-state index in [1.54, 1.807) is 6.07 Å². The molecule has 0 heterocycles. The lowest BCUT2D eigenvalue weighted by molar-refractivity contribution is 0.0973. The number of halogens is 1. The van der Waals surface area contributed by atoms with E-state index in [0.29, 0.717) is 6.42 Å². The van der Waals surface area contributed by atoms with Gasteiger partial charge >= 0.3 is 0 Å². The highest BCUT2D eigenvalue weighted by Gasteiger charge is 2.35. The first-order valence-electron chi connectivity index (χ1n) is 7.38. The summed E-state index contributed by atoms with van der Waals surface area (Å²) in [6, 6.07) is 7.58. The number of ketones is 2. The Balaban J connectivity index is 2.18. The normalized spacial score (nSPS) is 12.9. The predicted octanol–water partition coefficient (Wildman–Crippen LogP) is 3.59. The highest BCUT2D eigenvalue weighted by molar-refractivity contribution is 9.09. The molecule has 3 rings (SSSR count). The predicted molar refractivity (Wildman–Crippen MR) is 89.8 cm³/mol. The molecule has 0 saturated carbocycles. The Hall–Kier alpha value is -2.14. The molecule has 0 aromatic heterocycles. The number of fused-ring (bicyclic) bond motifs is 2. The van der Waals surface area contributed by atoms with Crippen LogP contribution in [0, 0.1) is 0 Å². The molecule has 23 heavy (non-hydrogen) atoms. The lowest BCUT2D eigenvalue weighted by Crippen LogP contribution is -2.23. The largest absolute Gasteiger partial charge is 0.507 e. The summed E-state index contributed by atoms with van der Waals surface area (Å²) in [7, 11) is 0. The van der Waals surface area contributed by atoms with Gasteiger partial charge in [0.25, 0.3) is 0 Å². The summed E-state index contributed by atoms with van der Waals surface area (Å²) in [5.41, 5.74) is 1.18. The van der Waals surface area contributed by atoms with Crippen molar-refractivity contribution in [2.24, 2.45) is 0 Å². The Kier molecular flexibility index (Phi) is 4.22. The molecule has 2 aromatic rings. The molecule has 118 valence electrons. The van der Waals surface area contributed by atoms with Gasteiger partial charge in [-0.25, -0.2) is 0 Å². The Bertz CT molecular complexity index is 811. The maximum atomic E-state index is 12.8. The molecular weight excluding hydrogens is 360 g/mol. The van der Waals surface area contributed by atoms with Crippen molar-refractivity contribution in [3.63, 3.8) is 0 Å². The fourth-order valence-corrected chi connectivity index (χ4v) is 3.37. The number of carbonyl (C=O) groups is 2. The van der Waals surface area contributed by atoms with Crippen LogP contribution in [0.3, 0.4) is 0 Å². The summed E-state index contributed by atoms with van der Waals surface area (Å²) < 4.78 is 0. The lowest BCUT2D eigenvalue weighted by Gasteiger charge is -2.21.